The van der Waals surface area contributed by atoms with Crippen molar-refractivity contribution in [2.24, 2.45) is 4.99 Å². The second-order valence-corrected chi connectivity index (χ2v) is 3.06. The lowest BCUT2D eigenvalue weighted by atomic mass is 10.2. The zero-order valence-electron chi connectivity index (χ0n) is 7.12. The summed E-state index contributed by atoms with van der Waals surface area (Å²) in [5.41, 5.74) is 0. The Kier molecular flexibility index (Phi) is 2.49. The van der Waals surface area contributed by atoms with E-state index in [2.05, 4.69) is 16.9 Å². The number of aliphatic hydroxyl groups is 2. The van der Waals surface area contributed by atoms with Crippen molar-refractivity contribution in [3.63, 3.8) is 0 Å². The molecule has 0 bridgehead atoms. The second-order valence-electron chi connectivity index (χ2n) is 3.06. The van der Waals surface area contributed by atoms with Crippen LogP contribution >= 0.6 is 0 Å². The molecule has 0 aromatic rings. The average Bonchev–Trinajstić information content (AvgIpc) is 2.35. The minimum atomic E-state index is -1.84. The number of aliphatic imine (C=N–C) groups is 1. The molecule has 0 aliphatic carbocycles. The largest absolute Gasteiger partial charge is 0.367 e. The van der Waals surface area contributed by atoms with Gasteiger partial charge < -0.3 is 15.5 Å². The van der Waals surface area contributed by atoms with E-state index in [1.165, 1.54) is 6.92 Å². The van der Waals surface area contributed by atoms with E-state index in [1.54, 1.807) is 6.08 Å². The molecule has 0 aromatic heterocycles. The van der Waals surface area contributed by atoms with Gasteiger partial charge in [-0.2, -0.15) is 0 Å². The summed E-state index contributed by atoms with van der Waals surface area (Å²) in [6, 6.07) is 0.0936. The monoisotopic (exact) mass is 170 g/mol. The molecule has 4 nitrogen and oxygen atoms in total. The summed E-state index contributed by atoms with van der Waals surface area (Å²) in [4.78, 5) is 4.08. The van der Waals surface area contributed by atoms with Crippen molar-refractivity contribution >= 4 is 5.84 Å². The third kappa shape index (κ3) is 2.06. The molecule has 1 heterocycles. The minimum absolute atomic E-state index is 0.0936. The maximum absolute atomic E-state index is 9.14. The highest BCUT2D eigenvalue weighted by Crippen LogP contribution is 2.09. The zero-order chi connectivity index (χ0) is 9.19. The van der Waals surface area contributed by atoms with E-state index in [0.717, 1.165) is 6.42 Å². The van der Waals surface area contributed by atoms with Crippen LogP contribution in [0, 0.1) is 0 Å². The predicted octanol–water partition coefficient (Wildman–Crippen LogP) is -0.366. The third-order valence-corrected chi connectivity index (χ3v) is 1.70. The Morgan fingerprint density at radius 1 is 1.83 bits per heavy atom. The van der Waals surface area contributed by atoms with E-state index in [0.29, 0.717) is 6.54 Å². The molecule has 0 spiro atoms. The first-order valence-corrected chi connectivity index (χ1v) is 3.92. The molecule has 68 valence electrons. The molecule has 3 N–H and O–H groups in total. The van der Waals surface area contributed by atoms with Gasteiger partial charge in [0.1, 0.15) is 0 Å². The first-order chi connectivity index (χ1) is 5.54. The van der Waals surface area contributed by atoms with Crippen LogP contribution < -0.4 is 5.32 Å². The zero-order valence-corrected chi connectivity index (χ0v) is 7.12. The number of nitrogens with zero attached hydrogens (tertiary/aromatic N) is 1. The first kappa shape index (κ1) is 9.22. The van der Waals surface area contributed by atoms with Crippen LogP contribution in [0.2, 0.25) is 0 Å². The Labute approximate surface area is 71.6 Å². The van der Waals surface area contributed by atoms with Crippen LogP contribution in [-0.4, -0.2) is 34.4 Å². The topological polar surface area (TPSA) is 64.8 Å². The molecule has 0 saturated heterocycles. The van der Waals surface area contributed by atoms with Gasteiger partial charge in [-0.3, -0.25) is 4.99 Å². The number of hydrogen-bond acceptors (Lipinski definition) is 4. The van der Waals surface area contributed by atoms with E-state index in [-0.39, 0.29) is 11.9 Å². The molecule has 4 heteroatoms. The number of hydrogen-bond donors (Lipinski definition) is 3. The molecule has 12 heavy (non-hydrogen) atoms. The van der Waals surface area contributed by atoms with Crippen molar-refractivity contribution in [1.82, 2.24) is 5.32 Å². The quantitative estimate of drug-likeness (QED) is 0.400. The fraction of sp³-hybridized carbons (Fsp3) is 0.625. The van der Waals surface area contributed by atoms with Crippen molar-refractivity contribution in [3.8, 4) is 0 Å². The van der Waals surface area contributed by atoms with E-state index in [4.69, 9.17) is 10.2 Å². The van der Waals surface area contributed by atoms with Gasteiger partial charge in [0.25, 0.3) is 0 Å². The Bertz CT molecular complexity index is 206. The second kappa shape index (κ2) is 3.25. The first-order valence-electron chi connectivity index (χ1n) is 3.92. The van der Waals surface area contributed by atoms with E-state index in [1.807, 2.05) is 0 Å². The van der Waals surface area contributed by atoms with Crippen molar-refractivity contribution in [2.75, 3.05) is 6.54 Å². The molecule has 0 saturated carbocycles. The third-order valence-electron chi connectivity index (χ3n) is 1.70. The van der Waals surface area contributed by atoms with Gasteiger partial charge in [-0.05, 0) is 13.3 Å². The van der Waals surface area contributed by atoms with Gasteiger partial charge in [0, 0.05) is 6.54 Å². The number of rotatable bonds is 3. The summed E-state index contributed by atoms with van der Waals surface area (Å²) in [7, 11) is 0. The van der Waals surface area contributed by atoms with Gasteiger partial charge in [-0.15, -0.1) is 6.58 Å². The SMILES string of the molecule is C=CCC1CNC(C(C)(O)O)=N1. The summed E-state index contributed by atoms with van der Waals surface area (Å²) < 4.78 is 0. The van der Waals surface area contributed by atoms with Gasteiger partial charge in [0.2, 0.25) is 5.79 Å². The standard InChI is InChI=1S/C8H14N2O2/c1-3-4-6-5-9-7(10-6)8(2,11)12/h3,6,11-12H,1,4-5H2,2H3,(H,9,10). The van der Waals surface area contributed by atoms with Crippen LogP contribution in [0.1, 0.15) is 13.3 Å². The van der Waals surface area contributed by atoms with Crippen LogP contribution in [0.5, 0.6) is 0 Å². The summed E-state index contributed by atoms with van der Waals surface area (Å²) >= 11 is 0. The van der Waals surface area contributed by atoms with Crippen molar-refractivity contribution in [1.29, 1.82) is 0 Å². The summed E-state index contributed by atoms with van der Waals surface area (Å²) in [5, 5.41) is 21.1. The molecule has 1 rings (SSSR count). The van der Waals surface area contributed by atoms with Gasteiger partial charge in [-0.1, -0.05) is 6.08 Å². The molecular formula is C8H14N2O2. The smallest absolute Gasteiger partial charge is 0.219 e. The van der Waals surface area contributed by atoms with Crippen LogP contribution in [0.4, 0.5) is 0 Å². The Balaban J connectivity index is 2.59. The maximum Gasteiger partial charge on any atom is 0.219 e. The van der Waals surface area contributed by atoms with Crippen LogP contribution in [0.3, 0.4) is 0 Å². The van der Waals surface area contributed by atoms with E-state index >= 15 is 0 Å². The molecule has 1 atom stereocenters. The molecule has 1 unspecified atom stereocenters. The highest BCUT2D eigenvalue weighted by atomic mass is 16.5. The average molecular weight is 170 g/mol. The molecule has 1 aliphatic rings. The molecule has 1 aliphatic heterocycles. The molecule has 0 aromatic carbocycles. The van der Waals surface area contributed by atoms with Crippen LogP contribution in [0.15, 0.2) is 17.6 Å². The fourth-order valence-electron chi connectivity index (χ4n) is 1.11. The minimum Gasteiger partial charge on any atom is -0.367 e. The predicted molar refractivity (Wildman–Crippen MR) is 46.9 cm³/mol. The Morgan fingerprint density at radius 2 is 2.50 bits per heavy atom. The van der Waals surface area contributed by atoms with Crippen LogP contribution in [0.25, 0.3) is 0 Å². The summed E-state index contributed by atoms with van der Waals surface area (Å²) in [6.07, 6.45) is 2.53. The van der Waals surface area contributed by atoms with Gasteiger partial charge in [0.15, 0.2) is 5.84 Å². The molecule has 0 fully saturated rings. The van der Waals surface area contributed by atoms with Crippen molar-refractivity contribution < 1.29 is 10.2 Å². The maximum atomic E-state index is 9.14. The summed E-state index contributed by atoms with van der Waals surface area (Å²) in [6.45, 7) is 5.53. The number of nitrogens with one attached hydrogen (secondary N) is 1. The highest BCUT2D eigenvalue weighted by molar-refractivity contribution is 5.89. The highest BCUT2D eigenvalue weighted by Gasteiger charge is 2.29. The molecular weight excluding hydrogens is 156 g/mol. The van der Waals surface area contributed by atoms with Gasteiger partial charge in [0.05, 0.1) is 6.04 Å². The number of amidine groups is 1. The van der Waals surface area contributed by atoms with Crippen LogP contribution in [-0.2, 0) is 0 Å². The van der Waals surface area contributed by atoms with E-state index in [9.17, 15) is 0 Å². The molecule has 0 amide bonds. The lowest BCUT2D eigenvalue weighted by Gasteiger charge is -2.15. The fourth-order valence-corrected chi connectivity index (χ4v) is 1.11. The lowest BCUT2D eigenvalue weighted by molar-refractivity contribution is -0.0838. The molecule has 0 radical (unpaired) electrons. The van der Waals surface area contributed by atoms with Crippen molar-refractivity contribution in [3.05, 3.63) is 12.7 Å². The van der Waals surface area contributed by atoms with Gasteiger partial charge >= 0.3 is 0 Å². The Hall–Kier alpha value is -0.870. The lowest BCUT2D eigenvalue weighted by Crippen LogP contribution is -2.41. The normalized spacial score (nSPS) is 23.2. The Morgan fingerprint density at radius 3 is 2.92 bits per heavy atom. The van der Waals surface area contributed by atoms with Gasteiger partial charge in [-0.25, -0.2) is 0 Å². The van der Waals surface area contributed by atoms with Crippen molar-refractivity contribution in [2.45, 2.75) is 25.2 Å². The summed E-state index contributed by atoms with van der Waals surface area (Å²) in [5.74, 6) is -1.59. The van der Waals surface area contributed by atoms with E-state index < -0.39 is 5.79 Å².